The van der Waals surface area contributed by atoms with Gasteiger partial charge in [-0.25, -0.2) is 13.2 Å². The first-order valence-electron chi connectivity index (χ1n) is 9.75. The zero-order valence-corrected chi connectivity index (χ0v) is 21.1. The molecule has 0 aliphatic rings. The molecule has 0 spiro atoms. The van der Waals surface area contributed by atoms with Gasteiger partial charge in [0.05, 0.1) is 44.0 Å². The van der Waals surface area contributed by atoms with Crippen molar-refractivity contribution < 1.29 is 22.7 Å². The fourth-order valence-corrected chi connectivity index (χ4v) is 4.85. The van der Waals surface area contributed by atoms with Gasteiger partial charge in [0.25, 0.3) is 10.0 Å². The van der Waals surface area contributed by atoms with Crippen LogP contribution in [0.5, 0.6) is 0 Å². The second-order valence-corrected chi connectivity index (χ2v) is 10.2. The van der Waals surface area contributed by atoms with E-state index >= 15 is 0 Å². The molecule has 11 heteroatoms. The van der Waals surface area contributed by atoms with Crippen molar-refractivity contribution in [1.29, 1.82) is 0 Å². The summed E-state index contributed by atoms with van der Waals surface area (Å²) in [6.45, 7) is 1.22. The van der Waals surface area contributed by atoms with E-state index in [2.05, 4.69) is 10.1 Å². The Morgan fingerprint density at radius 2 is 1.56 bits per heavy atom. The number of hydrogen-bond donors (Lipinski definition) is 1. The molecule has 0 aromatic heterocycles. The topological polar surface area (TPSA) is 92.8 Å². The van der Waals surface area contributed by atoms with E-state index in [4.69, 9.17) is 34.8 Å². The Labute approximate surface area is 212 Å². The van der Waals surface area contributed by atoms with E-state index in [1.807, 2.05) is 6.92 Å². The van der Waals surface area contributed by atoms with Crippen molar-refractivity contribution in [3.8, 4) is 0 Å². The molecule has 3 rings (SSSR count). The number of esters is 1. The van der Waals surface area contributed by atoms with E-state index in [-0.39, 0.29) is 36.9 Å². The third-order valence-electron chi connectivity index (χ3n) is 4.75. The van der Waals surface area contributed by atoms with E-state index in [0.29, 0.717) is 0 Å². The molecule has 0 unspecified atom stereocenters. The molecule has 7 nitrogen and oxygen atoms in total. The van der Waals surface area contributed by atoms with Gasteiger partial charge in [0, 0.05) is 0 Å². The van der Waals surface area contributed by atoms with Crippen LogP contribution in [-0.4, -0.2) is 33.9 Å². The lowest BCUT2D eigenvalue weighted by Gasteiger charge is -2.24. The number of benzene rings is 3. The summed E-state index contributed by atoms with van der Waals surface area (Å²) in [7, 11) is -2.94. The maximum absolute atomic E-state index is 13.5. The number of rotatable bonds is 7. The Hall–Kier alpha value is -2.78. The zero-order valence-electron chi connectivity index (χ0n) is 18.0. The number of hydrogen-bond acceptors (Lipinski definition) is 5. The highest BCUT2D eigenvalue weighted by Crippen LogP contribution is 2.31. The van der Waals surface area contributed by atoms with Gasteiger partial charge in [-0.1, -0.05) is 52.5 Å². The molecule has 0 fully saturated rings. The third-order valence-corrected chi connectivity index (χ3v) is 7.61. The van der Waals surface area contributed by atoms with Crippen molar-refractivity contribution >= 4 is 68.1 Å². The van der Waals surface area contributed by atoms with Gasteiger partial charge >= 0.3 is 5.97 Å². The Morgan fingerprint density at radius 3 is 2.18 bits per heavy atom. The van der Waals surface area contributed by atoms with Gasteiger partial charge in [-0.05, 0) is 55.5 Å². The largest absolute Gasteiger partial charge is 0.465 e. The summed E-state index contributed by atoms with van der Waals surface area (Å²) in [4.78, 5) is 24.7. The van der Waals surface area contributed by atoms with Crippen molar-refractivity contribution in [1.82, 2.24) is 0 Å². The van der Waals surface area contributed by atoms with Crippen molar-refractivity contribution in [3.63, 3.8) is 0 Å². The van der Waals surface area contributed by atoms with Gasteiger partial charge in [-0.3, -0.25) is 9.10 Å². The maximum Gasteiger partial charge on any atom is 0.337 e. The Balaban J connectivity index is 1.97. The molecule has 1 amide bonds. The van der Waals surface area contributed by atoms with Gasteiger partial charge < -0.3 is 10.1 Å². The number of ether oxygens (including phenoxy) is 1. The maximum atomic E-state index is 13.5. The van der Waals surface area contributed by atoms with Crippen molar-refractivity contribution in [2.45, 2.75) is 11.8 Å². The molecule has 0 heterocycles. The average molecular weight is 542 g/mol. The van der Waals surface area contributed by atoms with Gasteiger partial charge in [-0.15, -0.1) is 0 Å². The summed E-state index contributed by atoms with van der Waals surface area (Å²) < 4.78 is 32.5. The summed E-state index contributed by atoms with van der Waals surface area (Å²) in [5.74, 6) is -1.32. The number of carbonyl (C=O) groups is 2. The molecule has 0 bridgehead atoms. The van der Waals surface area contributed by atoms with E-state index in [9.17, 15) is 18.0 Å². The summed E-state index contributed by atoms with van der Waals surface area (Å²) >= 11 is 18.2. The van der Waals surface area contributed by atoms with Gasteiger partial charge in [0.2, 0.25) is 5.91 Å². The van der Waals surface area contributed by atoms with Crippen LogP contribution >= 0.6 is 34.8 Å². The predicted octanol–water partition coefficient (Wildman–Crippen LogP) is 5.58. The normalized spacial score (nSPS) is 11.1. The molecule has 3 aromatic rings. The highest BCUT2D eigenvalue weighted by atomic mass is 35.5. The molecule has 0 atom stereocenters. The van der Waals surface area contributed by atoms with E-state index in [1.165, 1.54) is 55.6 Å². The fraction of sp³-hybridized carbons (Fsp3) is 0.130. The van der Waals surface area contributed by atoms with Crippen LogP contribution in [0.1, 0.15) is 15.9 Å². The number of anilines is 2. The average Bonchev–Trinajstić information content (AvgIpc) is 2.80. The number of nitrogens with one attached hydrogen (secondary N) is 1. The molecule has 178 valence electrons. The number of methoxy groups -OCH3 is 1. The minimum Gasteiger partial charge on any atom is -0.465 e. The number of amides is 1. The lowest BCUT2D eigenvalue weighted by atomic mass is 10.2. The number of carbonyl (C=O) groups excluding carboxylic acids is 2. The second-order valence-electron chi connectivity index (χ2n) is 7.16. The molecule has 0 saturated carbocycles. The highest BCUT2D eigenvalue weighted by Gasteiger charge is 2.28. The second kappa shape index (κ2) is 10.7. The quantitative estimate of drug-likeness (QED) is 0.395. The van der Waals surface area contributed by atoms with Crippen LogP contribution in [0.25, 0.3) is 0 Å². The lowest BCUT2D eigenvalue weighted by Crippen LogP contribution is -2.38. The molecular formula is C23H19Cl3N2O5S. The van der Waals surface area contributed by atoms with Gasteiger partial charge in [0.15, 0.2) is 0 Å². The molecule has 0 radical (unpaired) electrons. The van der Waals surface area contributed by atoms with Crippen LogP contribution in [0, 0.1) is 6.92 Å². The fourth-order valence-electron chi connectivity index (χ4n) is 2.98. The first kappa shape index (κ1) is 25.8. The van der Waals surface area contributed by atoms with Crippen molar-refractivity contribution in [2.75, 3.05) is 23.3 Å². The van der Waals surface area contributed by atoms with Gasteiger partial charge in [-0.2, -0.15) is 0 Å². The molecule has 0 aliphatic carbocycles. The Bertz CT molecular complexity index is 1350. The van der Waals surface area contributed by atoms with Crippen LogP contribution in [0.15, 0.2) is 65.6 Å². The smallest absolute Gasteiger partial charge is 0.337 e. The Kier molecular flexibility index (Phi) is 8.09. The molecule has 0 aliphatic heterocycles. The molecular weight excluding hydrogens is 523 g/mol. The first-order chi connectivity index (χ1) is 16.0. The monoisotopic (exact) mass is 540 g/mol. The number of sulfonamides is 1. The van der Waals surface area contributed by atoms with Crippen LogP contribution < -0.4 is 9.62 Å². The Morgan fingerprint density at radius 1 is 0.912 bits per heavy atom. The summed E-state index contributed by atoms with van der Waals surface area (Å²) in [6.07, 6.45) is 0. The van der Waals surface area contributed by atoms with Crippen LogP contribution in [-0.2, 0) is 19.6 Å². The van der Waals surface area contributed by atoms with E-state index in [0.717, 1.165) is 9.87 Å². The van der Waals surface area contributed by atoms with Crippen LogP contribution in [0.4, 0.5) is 11.4 Å². The summed E-state index contributed by atoms with van der Waals surface area (Å²) in [6, 6.07) is 14.6. The zero-order chi connectivity index (χ0) is 25.0. The SMILES string of the molecule is COC(=O)c1ccc(Cl)c(NC(=O)CN(c2ccc(Cl)c(Cl)c2)S(=O)(=O)c2ccc(C)cc2)c1. The number of nitrogens with zero attached hydrogens (tertiary/aromatic N) is 1. The minimum absolute atomic E-state index is 0.0114. The summed E-state index contributed by atoms with van der Waals surface area (Å²) in [5, 5.41) is 3.05. The van der Waals surface area contributed by atoms with Crippen molar-refractivity contribution in [3.05, 3.63) is 86.9 Å². The van der Waals surface area contributed by atoms with Crippen molar-refractivity contribution in [2.24, 2.45) is 0 Å². The van der Waals surface area contributed by atoms with Crippen LogP contribution in [0.2, 0.25) is 15.1 Å². The predicted molar refractivity (Wildman–Crippen MR) is 134 cm³/mol. The lowest BCUT2D eigenvalue weighted by molar-refractivity contribution is -0.114. The molecule has 3 aromatic carbocycles. The standard InChI is InChI=1S/C23H19Cl3N2O5S/c1-14-3-7-17(8-4-14)34(31,32)28(16-6-10-18(24)20(26)12-16)13-22(29)27-21-11-15(23(30)33-2)5-9-19(21)25/h3-12H,13H2,1-2H3,(H,27,29). The third kappa shape index (κ3) is 5.82. The number of aryl methyl sites for hydroxylation is 1. The molecule has 34 heavy (non-hydrogen) atoms. The van der Waals surface area contributed by atoms with Crippen LogP contribution in [0.3, 0.4) is 0 Å². The summed E-state index contributed by atoms with van der Waals surface area (Å²) in [5.41, 5.74) is 1.30. The molecule has 1 N–H and O–H groups in total. The number of halogens is 3. The highest BCUT2D eigenvalue weighted by molar-refractivity contribution is 7.92. The van der Waals surface area contributed by atoms with Gasteiger partial charge in [0.1, 0.15) is 6.54 Å². The van der Waals surface area contributed by atoms with E-state index < -0.39 is 28.4 Å². The molecule has 0 saturated heterocycles. The first-order valence-corrected chi connectivity index (χ1v) is 12.3. The minimum atomic E-state index is -4.16. The van der Waals surface area contributed by atoms with E-state index in [1.54, 1.807) is 12.1 Å².